The Balaban J connectivity index is 1.82. The highest BCUT2D eigenvalue weighted by Gasteiger charge is 2.19. The fourth-order valence-electron chi connectivity index (χ4n) is 2.93. The average molecular weight is 335 g/mol. The predicted octanol–water partition coefficient (Wildman–Crippen LogP) is 4.75. The Morgan fingerprint density at radius 2 is 1.86 bits per heavy atom. The molecule has 1 aliphatic rings. The van der Waals surface area contributed by atoms with Crippen molar-refractivity contribution in [3.8, 4) is 0 Å². The van der Waals surface area contributed by atoms with Crippen molar-refractivity contribution in [1.29, 1.82) is 0 Å². The molecule has 0 aromatic heterocycles. The van der Waals surface area contributed by atoms with Crippen LogP contribution in [0.3, 0.4) is 0 Å². The van der Waals surface area contributed by atoms with Gasteiger partial charge in [-0.2, -0.15) is 0 Å². The molecule has 0 bridgehead atoms. The molecule has 1 heterocycles. The van der Waals surface area contributed by atoms with E-state index in [0.717, 1.165) is 25.3 Å². The fraction of sp³-hybridized carbons (Fsp3) is 0.333. The zero-order valence-electron chi connectivity index (χ0n) is 12.4. The third kappa shape index (κ3) is 3.95. The minimum Gasteiger partial charge on any atom is -0.366 e. The van der Waals surface area contributed by atoms with Gasteiger partial charge in [0.25, 0.3) is 0 Å². The van der Waals surface area contributed by atoms with E-state index in [1.807, 2.05) is 24.3 Å². The summed E-state index contributed by atoms with van der Waals surface area (Å²) >= 11 is 12.3. The summed E-state index contributed by atoms with van der Waals surface area (Å²) in [5.41, 5.74) is 2.42. The van der Waals surface area contributed by atoms with Crippen molar-refractivity contribution >= 4 is 28.9 Å². The summed E-state index contributed by atoms with van der Waals surface area (Å²) in [5, 5.41) is 4.78. The Morgan fingerprint density at radius 3 is 2.55 bits per heavy atom. The Labute approximate surface area is 142 Å². The molecule has 3 rings (SSSR count). The molecule has 2 aromatic rings. The summed E-state index contributed by atoms with van der Waals surface area (Å²) in [6, 6.07) is 16.9. The fourth-order valence-corrected chi connectivity index (χ4v) is 3.22. The molecular weight excluding hydrogens is 315 g/mol. The lowest BCUT2D eigenvalue weighted by atomic mass is 10.1. The van der Waals surface area contributed by atoms with Crippen LogP contribution in [-0.2, 0) is 6.54 Å². The highest BCUT2D eigenvalue weighted by atomic mass is 35.5. The molecule has 0 amide bonds. The van der Waals surface area contributed by atoms with Gasteiger partial charge in [0, 0.05) is 24.8 Å². The molecule has 0 spiro atoms. The van der Waals surface area contributed by atoms with Gasteiger partial charge in [-0.15, -0.1) is 0 Å². The van der Waals surface area contributed by atoms with Gasteiger partial charge in [-0.1, -0.05) is 53.5 Å². The Bertz CT molecular complexity index is 610. The van der Waals surface area contributed by atoms with E-state index in [-0.39, 0.29) is 0 Å². The summed E-state index contributed by atoms with van der Waals surface area (Å²) in [6.07, 6.45) is 2.48. The molecule has 1 fully saturated rings. The van der Waals surface area contributed by atoms with Crippen LogP contribution in [0.5, 0.6) is 0 Å². The van der Waals surface area contributed by atoms with Gasteiger partial charge in [0.1, 0.15) is 0 Å². The highest BCUT2D eigenvalue weighted by molar-refractivity contribution is 6.42. The summed E-state index contributed by atoms with van der Waals surface area (Å²) < 4.78 is 0. The molecule has 1 atom stereocenters. The second-order valence-electron chi connectivity index (χ2n) is 5.76. The number of benzene rings is 2. The molecule has 1 saturated heterocycles. The van der Waals surface area contributed by atoms with Gasteiger partial charge in [0.15, 0.2) is 0 Å². The van der Waals surface area contributed by atoms with E-state index in [9.17, 15) is 0 Å². The lowest BCUT2D eigenvalue weighted by Gasteiger charge is -2.28. The molecule has 0 radical (unpaired) electrons. The zero-order valence-corrected chi connectivity index (χ0v) is 13.9. The van der Waals surface area contributed by atoms with Crippen LogP contribution in [-0.4, -0.2) is 19.1 Å². The third-order valence-corrected chi connectivity index (χ3v) is 4.83. The van der Waals surface area contributed by atoms with Crippen LogP contribution in [0.15, 0.2) is 48.5 Å². The van der Waals surface area contributed by atoms with Crippen molar-refractivity contribution in [3.05, 3.63) is 64.1 Å². The van der Waals surface area contributed by atoms with Crippen LogP contribution in [0, 0.1) is 0 Å². The molecule has 0 aliphatic carbocycles. The summed E-state index contributed by atoms with van der Waals surface area (Å²) in [6.45, 7) is 2.97. The first-order chi connectivity index (χ1) is 10.7. The molecule has 1 aliphatic heterocycles. The molecule has 1 unspecified atom stereocenters. The van der Waals surface area contributed by atoms with Crippen molar-refractivity contribution < 1.29 is 0 Å². The van der Waals surface area contributed by atoms with E-state index in [1.165, 1.54) is 18.4 Å². The predicted molar refractivity (Wildman–Crippen MR) is 95.0 cm³/mol. The maximum atomic E-state index is 6.20. The number of nitrogens with one attached hydrogen (secondary N) is 1. The van der Waals surface area contributed by atoms with E-state index in [4.69, 9.17) is 23.2 Å². The Hall–Kier alpha value is -1.22. The Morgan fingerprint density at radius 1 is 1.05 bits per heavy atom. The molecule has 2 nitrogen and oxygen atoms in total. The maximum Gasteiger partial charge on any atom is 0.0612 e. The van der Waals surface area contributed by atoms with E-state index >= 15 is 0 Å². The molecule has 4 heteroatoms. The molecule has 116 valence electrons. The standard InChI is InChI=1S/C18H20Cl2N2/c19-17-9-8-16(11-18(17)20)22(13-15-7-4-10-21-15)12-14-5-2-1-3-6-14/h1-3,5-6,8-9,11,15,21H,4,7,10,12-13H2. The molecular formula is C18H20Cl2N2. The number of rotatable bonds is 5. The lowest BCUT2D eigenvalue weighted by Crippen LogP contribution is -2.37. The van der Waals surface area contributed by atoms with E-state index in [1.54, 1.807) is 0 Å². The van der Waals surface area contributed by atoms with Crippen molar-refractivity contribution in [2.24, 2.45) is 0 Å². The van der Waals surface area contributed by atoms with Crippen LogP contribution in [0.1, 0.15) is 18.4 Å². The van der Waals surface area contributed by atoms with Crippen molar-refractivity contribution in [1.82, 2.24) is 5.32 Å². The number of hydrogen-bond acceptors (Lipinski definition) is 2. The van der Waals surface area contributed by atoms with Crippen molar-refractivity contribution in [3.63, 3.8) is 0 Å². The molecule has 22 heavy (non-hydrogen) atoms. The van der Waals surface area contributed by atoms with Gasteiger partial charge in [0.05, 0.1) is 10.0 Å². The third-order valence-electron chi connectivity index (χ3n) is 4.09. The van der Waals surface area contributed by atoms with E-state index in [2.05, 4.69) is 34.5 Å². The maximum absolute atomic E-state index is 6.20. The number of anilines is 1. The molecule has 1 N–H and O–H groups in total. The van der Waals surface area contributed by atoms with Crippen LogP contribution >= 0.6 is 23.2 Å². The Kier molecular flexibility index (Phi) is 5.24. The lowest BCUT2D eigenvalue weighted by molar-refractivity contribution is 0.580. The van der Waals surface area contributed by atoms with Gasteiger partial charge >= 0.3 is 0 Å². The second-order valence-corrected chi connectivity index (χ2v) is 6.57. The minimum atomic E-state index is 0.540. The van der Waals surface area contributed by atoms with E-state index < -0.39 is 0 Å². The van der Waals surface area contributed by atoms with Crippen LogP contribution in [0.2, 0.25) is 10.0 Å². The summed E-state index contributed by atoms with van der Waals surface area (Å²) in [5.74, 6) is 0. The number of halogens is 2. The molecule has 2 aromatic carbocycles. The SMILES string of the molecule is Clc1ccc(N(Cc2ccccc2)CC2CCCN2)cc1Cl. The smallest absolute Gasteiger partial charge is 0.0612 e. The minimum absolute atomic E-state index is 0.540. The van der Waals surface area contributed by atoms with Gasteiger partial charge in [-0.05, 0) is 43.1 Å². The van der Waals surface area contributed by atoms with Crippen molar-refractivity contribution in [2.75, 3.05) is 18.0 Å². The van der Waals surface area contributed by atoms with Gasteiger partial charge in [0.2, 0.25) is 0 Å². The van der Waals surface area contributed by atoms with Crippen LogP contribution < -0.4 is 10.2 Å². The first-order valence-electron chi connectivity index (χ1n) is 7.70. The normalized spacial score (nSPS) is 17.6. The molecule has 0 saturated carbocycles. The largest absolute Gasteiger partial charge is 0.366 e. The van der Waals surface area contributed by atoms with Crippen molar-refractivity contribution in [2.45, 2.75) is 25.4 Å². The van der Waals surface area contributed by atoms with E-state index in [0.29, 0.717) is 16.1 Å². The second kappa shape index (κ2) is 7.36. The van der Waals surface area contributed by atoms with Gasteiger partial charge < -0.3 is 10.2 Å². The number of hydrogen-bond donors (Lipinski definition) is 1. The first kappa shape index (κ1) is 15.7. The van der Waals surface area contributed by atoms with Gasteiger partial charge in [-0.25, -0.2) is 0 Å². The first-order valence-corrected chi connectivity index (χ1v) is 8.45. The highest BCUT2D eigenvalue weighted by Crippen LogP contribution is 2.28. The number of nitrogens with zero attached hydrogens (tertiary/aromatic N) is 1. The summed E-state index contributed by atoms with van der Waals surface area (Å²) in [4.78, 5) is 2.38. The van der Waals surface area contributed by atoms with Crippen LogP contribution in [0.25, 0.3) is 0 Å². The summed E-state index contributed by atoms with van der Waals surface area (Å²) in [7, 11) is 0. The average Bonchev–Trinajstić information content (AvgIpc) is 3.03. The topological polar surface area (TPSA) is 15.3 Å². The monoisotopic (exact) mass is 334 g/mol. The van der Waals surface area contributed by atoms with Crippen LogP contribution in [0.4, 0.5) is 5.69 Å². The van der Waals surface area contributed by atoms with Gasteiger partial charge in [-0.3, -0.25) is 0 Å². The zero-order chi connectivity index (χ0) is 15.4. The quantitative estimate of drug-likeness (QED) is 0.848.